The Kier molecular flexibility index (Phi) is 6.03. The number of aromatic nitrogens is 1. The summed E-state index contributed by atoms with van der Waals surface area (Å²) >= 11 is 5.76. The van der Waals surface area contributed by atoms with E-state index in [-0.39, 0.29) is 0 Å². The molecule has 0 atom stereocenters. The first-order chi connectivity index (χ1) is 10.3. The molecule has 0 saturated carbocycles. The summed E-state index contributed by atoms with van der Waals surface area (Å²) in [4.78, 5) is 8.25. The number of rotatable bonds is 5. The van der Waals surface area contributed by atoms with E-state index in [9.17, 15) is 0 Å². The first-order valence-electron chi connectivity index (χ1n) is 6.87. The minimum atomic E-state index is 0.504. The van der Waals surface area contributed by atoms with Gasteiger partial charge in [-0.05, 0) is 23.6 Å². The first-order valence-corrected chi connectivity index (χ1v) is 7.24. The standard InChI is InChI=1S/C16H19ClN4/c1-18-16(19-10-9-13-5-3-2-4-6-13)21-12-14-7-8-15(17)20-11-14/h2-8,11H,9-10,12H2,1H3,(H2,18,19,21). The maximum absolute atomic E-state index is 5.76. The van der Waals surface area contributed by atoms with E-state index in [0.717, 1.165) is 24.5 Å². The van der Waals surface area contributed by atoms with Crippen molar-refractivity contribution in [2.75, 3.05) is 13.6 Å². The number of guanidine groups is 1. The van der Waals surface area contributed by atoms with Gasteiger partial charge < -0.3 is 10.6 Å². The fourth-order valence-corrected chi connectivity index (χ4v) is 2.00. The van der Waals surface area contributed by atoms with Gasteiger partial charge in [-0.15, -0.1) is 0 Å². The molecule has 0 unspecified atom stereocenters. The number of nitrogens with one attached hydrogen (secondary N) is 2. The molecule has 0 radical (unpaired) electrons. The lowest BCUT2D eigenvalue weighted by molar-refractivity contribution is 0.793. The molecular formula is C16H19ClN4. The van der Waals surface area contributed by atoms with Crippen LogP contribution in [0.3, 0.4) is 0 Å². The largest absolute Gasteiger partial charge is 0.356 e. The zero-order valence-electron chi connectivity index (χ0n) is 12.0. The van der Waals surface area contributed by atoms with Crippen molar-refractivity contribution in [1.82, 2.24) is 15.6 Å². The molecule has 2 N–H and O–H groups in total. The lowest BCUT2D eigenvalue weighted by Gasteiger charge is -2.11. The van der Waals surface area contributed by atoms with Crippen molar-refractivity contribution in [2.24, 2.45) is 4.99 Å². The lowest BCUT2D eigenvalue weighted by Crippen LogP contribution is -2.37. The monoisotopic (exact) mass is 302 g/mol. The molecular weight excluding hydrogens is 284 g/mol. The summed E-state index contributed by atoms with van der Waals surface area (Å²) in [6.45, 7) is 1.50. The number of hydrogen-bond donors (Lipinski definition) is 2. The summed E-state index contributed by atoms with van der Waals surface area (Å²) in [6.07, 6.45) is 2.72. The normalized spacial score (nSPS) is 11.2. The van der Waals surface area contributed by atoms with Crippen molar-refractivity contribution in [3.8, 4) is 0 Å². The molecule has 0 amide bonds. The van der Waals surface area contributed by atoms with E-state index in [4.69, 9.17) is 11.6 Å². The second kappa shape index (κ2) is 8.27. The quantitative estimate of drug-likeness (QED) is 0.507. The van der Waals surface area contributed by atoms with Crippen molar-refractivity contribution in [3.05, 3.63) is 64.9 Å². The third-order valence-corrected chi connectivity index (χ3v) is 3.24. The lowest BCUT2D eigenvalue weighted by atomic mass is 10.1. The highest BCUT2D eigenvalue weighted by Gasteiger charge is 1.99. The van der Waals surface area contributed by atoms with E-state index in [1.807, 2.05) is 12.1 Å². The summed E-state index contributed by atoms with van der Waals surface area (Å²) in [7, 11) is 1.76. The number of hydrogen-bond acceptors (Lipinski definition) is 2. The molecule has 0 saturated heterocycles. The summed E-state index contributed by atoms with van der Waals surface area (Å²) in [6, 6.07) is 14.1. The highest BCUT2D eigenvalue weighted by molar-refractivity contribution is 6.29. The summed E-state index contributed by atoms with van der Waals surface area (Å²) < 4.78 is 0. The topological polar surface area (TPSA) is 49.3 Å². The van der Waals surface area contributed by atoms with Gasteiger partial charge in [-0.2, -0.15) is 0 Å². The van der Waals surface area contributed by atoms with Crippen LogP contribution in [0, 0.1) is 0 Å². The Morgan fingerprint density at radius 3 is 2.57 bits per heavy atom. The van der Waals surface area contributed by atoms with Crippen molar-refractivity contribution in [1.29, 1.82) is 0 Å². The Hall–Kier alpha value is -2.07. The van der Waals surface area contributed by atoms with Crippen LogP contribution in [0.1, 0.15) is 11.1 Å². The van der Waals surface area contributed by atoms with Crippen molar-refractivity contribution in [3.63, 3.8) is 0 Å². The second-order valence-corrected chi connectivity index (χ2v) is 4.96. The molecule has 21 heavy (non-hydrogen) atoms. The summed E-state index contributed by atoms with van der Waals surface area (Å²) in [5, 5.41) is 7.04. The highest BCUT2D eigenvalue weighted by Crippen LogP contribution is 2.04. The predicted octanol–water partition coefficient (Wildman–Crippen LogP) is 2.64. The van der Waals surface area contributed by atoms with Gasteiger partial charge in [0.15, 0.2) is 5.96 Å². The highest BCUT2D eigenvalue weighted by atomic mass is 35.5. The maximum Gasteiger partial charge on any atom is 0.191 e. The maximum atomic E-state index is 5.76. The zero-order valence-corrected chi connectivity index (χ0v) is 12.8. The average Bonchev–Trinajstić information content (AvgIpc) is 2.53. The van der Waals surface area contributed by atoms with Gasteiger partial charge in [0.1, 0.15) is 5.15 Å². The Balaban J connectivity index is 1.74. The Bertz CT molecular complexity index is 567. The summed E-state index contributed by atoms with van der Waals surface area (Å²) in [5.41, 5.74) is 2.37. The Labute approximate surface area is 130 Å². The summed E-state index contributed by atoms with van der Waals surface area (Å²) in [5.74, 6) is 0.779. The molecule has 2 aromatic rings. The number of benzene rings is 1. The van der Waals surface area contributed by atoms with Crippen LogP contribution in [-0.2, 0) is 13.0 Å². The SMILES string of the molecule is CN=C(NCCc1ccccc1)NCc1ccc(Cl)nc1. The second-order valence-electron chi connectivity index (χ2n) is 4.58. The van der Waals surface area contributed by atoms with Gasteiger partial charge in [0, 0.05) is 26.3 Å². The van der Waals surface area contributed by atoms with Crippen LogP contribution >= 0.6 is 11.6 Å². The van der Waals surface area contributed by atoms with Crippen molar-refractivity contribution in [2.45, 2.75) is 13.0 Å². The number of halogens is 1. The van der Waals surface area contributed by atoms with Crippen LogP contribution in [0.2, 0.25) is 5.15 Å². The molecule has 0 aliphatic rings. The van der Waals surface area contributed by atoms with Gasteiger partial charge in [-0.1, -0.05) is 48.0 Å². The van der Waals surface area contributed by atoms with Crippen LogP contribution in [0.4, 0.5) is 0 Å². The Morgan fingerprint density at radius 1 is 1.10 bits per heavy atom. The molecule has 0 aliphatic carbocycles. The van der Waals surface area contributed by atoms with Gasteiger partial charge in [0.2, 0.25) is 0 Å². The van der Waals surface area contributed by atoms with E-state index in [2.05, 4.69) is 44.9 Å². The molecule has 1 aromatic carbocycles. The van der Waals surface area contributed by atoms with E-state index in [0.29, 0.717) is 11.7 Å². The third-order valence-electron chi connectivity index (χ3n) is 3.02. The number of aliphatic imine (C=N–C) groups is 1. The van der Waals surface area contributed by atoms with Gasteiger partial charge in [0.05, 0.1) is 0 Å². The zero-order chi connectivity index (χ0) is 14.9. The Morgan fingerprint density at radius 2 is 1.90 bits per heavy atom. The van der Waals surface area contributed by atoms with Crippen LogP contribution in [0.15, 0.2) is 53.7 Å². The van der Waals surface area contributed by atoms with Gasteiger partial charge >= 0.3 is 0 Å². The molecule has 110 valence electrons. The smallest absolute Gasteiger partial charge is 0.191 e. The van der Waals surface area contributed by atoms with Crippen LogP contribution < -0.4 is 10.6 Å². The molecule has 1 heterocycles. The molecule has 2 rings (SSSR count). The van der Waals surface area contributed by atoms with Gasteiger partial charge in [-0.25, -0.2) is 4.98 Å². The predicted molar refractivity (Wildman–Crippen MR) is 87.6 cm³/mol. The molecule has 0 fully saturated rings. The van der Waals surface area contributed by atoms with Gasteiger partial charge in [-0.3, -0.25) is 4.99 Å². The molecule has 0 spiro atoms. The van der Waals surface area contributed by atoms with Crippen LogP contribution in [0.5, 0.6) is 0 Å². The first kappa shape index (κ1) is 15.3. The number of nitrogens with zero attached hydrogens (tertiary/aromatic N) is 2. The molecule has 0 aliphatic heterocycles. The van der Waals surface area contributed by atoms with Crippen molar-refractivity contribution >= 4 is 17.6 Å². The molecule has 0 bridgehead atoms. The van der Waals surface area contributed by atoms with E-state index in [1.54, 1.807) is 19.3 Å². The molecule has 5 heteroatoms. The van der Waals surface area contributed by atoms with E-state index in [1.165, 1.54) is 5.56 Å². The minimum absolute atomic E-state index is 0.504. The fourth-order valence-electron chi connectivity index (χ4n) is 1.89. The molecule has 1 aromatic heterocycles. The van der Waals surface area contributed by atoms with E-state index < -0.39 is 0 Å². The fraction of sp³-hybridized carbons (Fsp3) is 0.250. The average molecular weight is 303 g/mol. The molecule has 4 nitrogen and oxygen atoms in total. The number of pyridine rings is 1. The van der Waals surface area contributed by atoms with Gasteiger partial charge in [0.25, 0.3) is 0 Å². The van der Waals surface area contributed by atoms with Crippen LogP contribution in [-0.4, -0.2) is 24.5 Å². The minimum Gasteiger partial charge on any atom is -0.356 e. The third kappa shape index (κ3) is 5.44. The van der Waals surface area contributed by atoms with E-state index >= 15 is 0 Å². The van der Waals surface area contributed by atoms with Crippen molar-refractivity contribution < 1.29 is 0 Å². The van der Waals surface area contributed by atoms with Crippen LogP contribution in [0.25, 0.3) is 0 Å².